The second kappa shape index (κ2) is 4.99. The summed E-state index contributed by atoms with van der Waals surface area (Å²) in [6, 6.07) is 1.18. The summed E-state index contributed by atoms with van der Waals surface area (Å²) >= 11 is 0. The molecule has 17 heavy (non-hydrogen) atoms. The molecule has 0 saturated carbocycles. The first kappa shape index (κ1) is 11.6. The van der Waals surface area contributed by atoms with Crippen molar-refractivity contribution in [3.63, 3.8) is 0 Å². The molecule has 0 radical (unpaired) electrons. The first-order chi connectivity index (χ1) is 8.18. The number of nitrogens with zero attached hydrogens (tertiary/aromatic N) is 2. The lowest BCUT2D eigenvalue weighted by molar-refractivity contribution is 0.0648. The zero-order valence-electron chi connectivity index (χ0n) is 9.39. The summed E-state index contributed by atoms with van der Waals surface area (Å²) in [6.07, 6.45) is 4.22. The maximum atomic E-state index is 12.0. The van der Waals surface area contributed by atoms with Gasteiger partial charge in [0.25, 0.3) is 5.91 Å². The predicted molar refractivity (Wildman–Crippen MR) is 57.8 cm³/mol. The Labute approximate surface area is 98.2 Å². The van der Waals surface area contributed by atoms with Gasteiger partial charge in [0.15, 0.2) is 5.69 Å². The van der Waals surface area contributed by atoms with Crippen molar-refractivity contribution in [1.82, 2.24) is 10.1 Å². The SMILES string of the molecule is O=C(O)c1cc(C(=O)N2CCCCCC2)no1. The number of hydrogen-bond donors (Lipinski definition) is 1. The van der Waals surface area contributed by atoms with Gasteiger partial charge in [0.2, 0.25) is 5.76 Å². The van der Waals surface area contributed by atoms with Gasteiger partial charge in [0, 0.05) is 19.2 Å². The number of carboxylic acid groups (broad SMARTS) is 1. The summed E-state index contributed by atoms with van der Waals surface area (Å²) < 4.78 is 4.57. The van der Waals surface area contributed by atoms with Gasteiger partial charge in [-0.3, -0.25) is 4.79 Å². The van der Waals surface area contributed by atoms with Crippen LogP contribution in [0.15, 0.2) is 10.6 Å². The van der Waals surface area contributed by atoms with Gasteiger partial charge < -0.3 is 14.5 Å². The van der Waals surface area contributed by atoms with Crippen LogP contribution in [0, 0.1) is 0 Å². The molecular formula is C11H14N2O4. The fourth-order valence-corrected chi connectivity index (χ4v) is 1.91. The summed E-state index contributed by atoms with van der Waals surface area (Å²) in [5.74, 6) is -1.77. The van der Waals surface area contributed by atoms with E-state index in [0.29, 0.717) is 13.1 Å². The first-order valence-corrected chi connectivity index (χ1v) is 5.68. The van der Waals surface area contributed by atoms with Gasteiger partial charge in [-0.05, 0) is 12.8 Å². The largest absolute Gasteiger partial charge is 0.475 e. The molecule has 6 heteroatoms. The lowest BCUT2D eigenvalue weighted by atomic mass is 10.2. The van der Waals surface area contributed by atoms with Crippen LogP contribution >= 0.6 is 0 Å². The van der Waals surface area contributed by atoms with E-state index in [9.17, 15) is 9.59 Å². The number of carboxylic acids is 1. The molecular weight excluding hydrogens is 224 g/mol. The number of carbonyl (C=O) groups excluding carboxylic acids is 1. The fraction of sp³-hybridized carbons (Fsp3) is 0.545. The Balaban J connectivity index is 2.09. The van der Waals surface area contributed by atoms with Crippen LogP contribution in [-0.4, -0.2) is 40.1 Å². The second-order valence-corrected chi connectivity index (χ2v) is 4.09. The molecule has 6 nitrogen and oxygen atoms in total. The smallest absolute Gasteiger partial charge is 0.374 e. The summed E-state index contributed by atoms with van der Waals surface area (Å²) in [5.41, 5.74) is 0.0734. The molecule has 0 aromatic carbocycles. The average molecular weight is 238 g/mol. The Kier molecular flexibility index (Phi) is 3.41. The molecule has 2 rings (SSSR count). The Bertz CT molecular complexity index is 419. The molecule has 1 N–H and O–H groups in total. The van der Waals surface area contributed by atoms with Crippen molar-refractivity contribution in [1.29, 1.82) is 0 Å². The molecule has 1 saturated heterocycles. The maximum absolute atomic E-state index is 12.0. The van der Waals surface area contributed by atoms with Gasteiger partial charge in [0.05, 0.1) is 0 Å². The van der Waals surface area contributed by atoms with Gasteiger partial charge in [-0.2, -0.15) is 0 Å². The summed E-state index contributed by atoms with van der Waals surface area (Å²) in [5, 5.41) is 12.2. The van der Waals surface area contributed by atoms with Gasteiger partial charge >= 0.3 is 5.97 Å². The highest BCUT2D eigenvalue weighted by atomic mass is 16.5. The lowest BCUT2D eigenvalue weighted by Gasteiger charge is -2.18. The van der Waals surface area contributed by atoms with E-state index >= 15 is 0 Å². The van der Waals surface area contributed by atoms with Crippen molar-refractivity contribution in [3.05, 3.63) is 17.5 Å². The van der Waals surface area contributed by atoms with Crippen LogP contribution in [0.1, 0.15) is 46.7 Å². The minimum atomic E-state index is -1.22. The minimum Gasteiger partial charge on any atom is -0.475 e. The fourth-order valence-electron chi connectivity index (χ4n) is 1.91. The number of carbonyl (C=O) groups is 2. The Morgan fingerprint density at radius 1 is 1.24 bits per heavy atom. The van der Waals surface area contributed by atoms with Crippen LogP contribution in [0.5, 0.6) is 0 Å². The van der Waals surface area contributed by atoms with Crippen molar-refractivity contribution < 1.29 is 19.2 Å². The van der Waals surface area contributed by atoms with Gasteiger partial charge in [-0.15, -0.1) is 0 Å². The van der Waals surface area contributed by atoms with Crippen LogP contribution in [0.2, 0.25) is 0 Å². The molecule has 2 heterocycles. The molecule has 1 amide bonds. The number of likely N-dealkylation sites (tertiary alicyclic amines) is 1. The summed E-state index contributed by atoms with van der Waals surface area (Å²) in [4.78, 5) is 24.3. The van der Waals surface area contributed by atoms with Gasteiger partial charge in [-0.1, -0.05) is 18.0 Å². The molecule has 92 valence electrons. The quantitative estimate of drug-likeness (QED) is 0.841. The summed E-state index contributed by atoms with van der Waals surface area (Å²) in [6.45, 7) is 1.40. The highest BCUT2D eigenvalue weighted by Crippen LogP contribution is 2.13. The first-order valence-electron chi connectivity index (χ1n) is 5.68. The number of amides is 1. The molecule has 0 atom stereocenters. The molecule has 1 aromatic heterocycles. The normalized spacial score (nSPS) is 16.6. The van der Waals surface area contributed by atoms with E-state index in [1.165, 1.54) is 6.07 Å². The topological polar surface area (TPSA) is 83.6 Å². The molecule has 0 spiro atoms. The van der Waals surface area contributed by atoms with E-state index in [4.69, 9.17) is 5.11 Å². The molecule has 1 fully saturated rings. The van der Waals surface area contributed by atoms with E-state index in [2.05, 4.69) is 9.68 Å². The number of hydrogen-bond acceptors (Lipinski definition) is 4. The van der Waals surface area contributed by atoms with Crippen LogP contribution in [0.25, 0.3) is 0 Å². The third-order valence-corrected chi connectivity index (χ3v) is 2.83. The predicted octanol–water partition coefficient (Wildman–Crippen LogP) is 1.39. The molecule has 0 bridgehead atoms. The standard InChI is InChI=1S/C11H14N2O4/c14-10(13-5-3-1-2-4-6-13)8-7-9(11(15)16)17-12-8/h7H,1-6H2,(H,15,16). The van der Waals surface area contributed by atoms with Gasteiger partial charge in [0.1, 0.15) is 0 Å². The van der Waals surface area contributed by atoms with E-state index in [1.807, 2.05) is 0 Å². The van der Waals surface area contributed by atoms with E-state index in [-0.39, 0.29) is 17.4 Å². The number of rotatable bonds is 2. The lowest BCUT2D eigenvalue weighted by Crippen LogP contribution is -2.32. The van der Waals surface area contributed by atoms with Crippen LogP contribution in [0.4, 0.5) is 0 Å². The third-order valence-electron chi connectivity index (χ3n) is 2.83. The van der Waals surface area contributed by atoms with Crippen LogP contribution in [0.3, 0.4) is 0 Å². The van der Waals surface area contributed by atoms with Crippen LogP contribution < -0.4 is 0 Å². The van der Waals surface area contributed by atoms with Crippen molar-refractivity contribution in [3.8, 4) is 0 Å². The number of aromatic nitrogens is 1. The highest BCUT2D eigenvalue weighted by molar-refractivity contribution is 5.94. The zero-order chi connectivity index (χ0) is 12.3. The van der Waals surface area contributed by atoms with Crippen molar-refractivity contribution >= 4 is 11.9 Å². The van der Waals surface area contributed by atoms with E-state index in [1.54, 1.807) is 4.90 Å². The van der Waals surface area contributed by atoms with E-state index < -0.39 is 5.97 Å². The van der Waals surface area contributed by atoms with Crippen molar-refractivity contribution in [2.75, 3.05) is 13.1 Å². The zero-order valence-corrected chi connectivity index (χ0v) is 9.39. The monoisotopic (exact) mass is 238 g/mol. The third kappa shape index (κ3) is 2.64. The van der Waals surface area contributed by atoms with Crippen molar-refractivity contribution in [2.24, 2.45) is 0 Å². The molecule has 1 aliphatic heterocycles. The maximum Gasteiger partial charge on any atom is 0.374 e. The molecule has 0 aliphatic carbocycles. The molecule has 1 aliphatic rings. The Hall–Kier alpha value is -1.85. The average Bonchev–Trinajstić information content (AvgIpc) is 2.65. The molecule has 0 unspecified atom stereocenters. The second-order valence-electron chi connectivity index (χ2n) is 4.09. The van der Waals surface area contributed by atoms with Gasteiger partial charge in [-0.25, -0.2) is 4.79 Å². The number of aromatic carboxylic acids is 1. The Morgan fingerprint density at radius 3 is 2.41 bits per heavy atom. The molecule has 1 aromatic rings. The Morgan fingerprint density at radius 2 is 1.88 bits per heavy atom. The highest BCUT2D eigenvalue weighted by Gasteiger charge is 2.22. The van der Waals surface area contributed by atoms with E-state index in [0.717, 1.165) is 25.7 Å². The minimum absolute atomic E-state index is 0.0734. The van der Waals surface area contributed by atoms with Crippen molar-refractivity contribution in [2.45, 2.75) is 25.7 Å². The van der Waals surface area contributed by atoms with Crippen LogP contribution in [-0.2, 0) is 0 Å². The summed E-state index contributed by atoms with van der Waals surface area (Å²) in [7, 11) is 0.